The largest absolute Gasteiger partial charge is 0.373 e. The van der Waals surface area contributed by atoms with Crippen LogP contribution >= 0.6 is 0 Å². The zero-order chi connectivity index (χ0) is 20.0. The third-order valence-electron chi connectivity index (χ3n) is 5.05. The first kappa shape index (κ1) is 19.8. The third kappa shape index (κ3) is 5.51. The third-order valence-corrected chi connectivity index (χ3v) is 5.05. The van der Waals surface area contributed by atoms with Crippen molar-refractivity contribution in [3.63, 3.8) is 0 Å². The van der Waals surface area contributed by atoms with Gasteiger partial charge in [-0.25, -0.2) is 0 Å². The minimum absolute atomic E-state index is 0.133. The molecule has 0 heterocycles. The number of hydrogen-bond acceptors (Lipinski definition) is 1. The van der Waals surface area contributed by atoms with E-state index in [1.54, 1.807) is 0 Å². The standard InChI is InChI=1S/C27H29N/c1-22-20-24(15-14-23-10-6-5-7-11-23)16-17-25(22)21-28(4)26-12-8-18-27(2,3)19-9-13-26/h5-12,16-20H,13,21H2,1-4H3/b18-8-,19-9-,26-12+. The molecular formula is C27H29N. The summed E-state index contributed by atoms with van der Waals surface area (Å²) in [7, 11) is 2.17. The average molecular weight is 368 g/mol. The first-order valence-corrected chi connectivity index (χ1v) is 9.87. The van der Waals surface area contributed by atoms with Crippen molar-refractivity contribution in [1.82, 2.24) is 4.90 Å². The molecule has 1 aliphatic carbocycles. The summed E-state index contributed by atoms with van der Waals surface area (Å²) in [4.78, 5) is 2.34. The van der Waals surface area contributed by atoms with Gasteiger partial charge in [0.25, 0.3) is 0 Å². The molecule has 0 fully saturated rings. The molecule has 0 N–H and O–H groups in total. The topological polar surface area (TPSA) is 3.24 Å². The highest BCUT2D eigenvalue weighted by Gasteiger charge is 2.12. The molecule has 0 bridgehead atoms. The highest BCUT2D eigenvalue weighted by atomic mass is 15.1. The molecule has 142 valence electrons. The van der Waals surface area contributed by atoms with E-state index < -0.39 is 0 Å². The molecule has 3 rings (SSSR count). The zero-order valence-electron chi connectivity index (χ0n) is 17.4. The summed E-state index contributed by atoms with van der Waals surface area (Å²) in [6.07, 6.45) is 12.2. The maximum atomic E-state index is 3.28. The molecular weight excluding hydrogens is 338 g/mol. The number of rotatable bonds is 3. The smallest absolute Gasteiger partial charge is 0.0425 e. The number of allylic oxidation sites excluding steroid dienone is 5. The van der Waals surface area contributed by atoms with Crippen molar-refractivity contribution in [2.24, 2.45) is 5.41 Å². The molecule has 0 saturated heterocycles. The first-order valence-electron chi connectivity index (χ1n) is 9.87. The van der Waals surface area contributed by atoms with Gasteiger partial charge in [0.15, 0.2) is 0 Å². The van der Waals surface area contributed by atoms with Gasteiger partial charge in [-0.05, 0) is 48.4 Å². The Labute approximate surface area is 170 Å². The van der Waals surface area contributed by atoms with Crippen LogP contribution in [0.1, 0.15) is 42.5 Å². The number of benzene rings is 2. The van der Waals surface area contributed by atoms with Gasteiger partial charge in [-0.2, -0.15) is 0 Å². The van der Waals surface area contributed by atoms with Crippen LogP contribution in [0.5, 0.6) is 0 Å². The lowest BCUT2D eigenvalue weighted by Crippen LogP contribution is -2.18. The van der Waals surface area contributed by atoms with Gasteiger partial charge in [-0.3, -0.25) is 0 Å². The molecule has 0 aromatic heterocycles. The molecule has 0 aliphatic heterocycles. The summed E-state index contributed by atoms with van der Waals surface area (Å²) in [5.41, 5.74) is 6.19. The Kier molecular flexibility index (Phi) is 6.22. The fraction of sp³-hybridized carbons (Fsp3) is 0.259. The Morgan fingerprint density at radius 1 is 0.964 bits per heavy atom. The van der Waals surface area contributed by atoms with Crippen LogP contribution in [0, 0.1) is 24.2 Å². The van der Waals surface area contributed by atoms with E-state index in [9.17, 15) is 0 Å². The number of nitrogens with zero attached hydrogens (tertiary/aromatic N) is 1. The number of aryl methyl sites for hydroxylation is 1. The second kappa shape index (κ2) is 8.81. The van der Waals surface area contributed by atoms with Crippen LogP contribution in [0.25, 0.3) is 0 Å². The molecule has 1 aliphatic rings. The maximum Gasteiger partial charge on any atom is 0.0425 e. The van der Waals surface area contributed by atoms with E-state index >= 15 is 0 Å². The van der Waals surface area contributed by atoms with Crippen LogP contribution in [0.15, 0.2) is 84.6 Å². The van der Waals surface area contributed by atoms with Gasteiger partial charge in [0.2, 0.25) is 0 Å². The summed E-state index contributed by atoms with van der Waals surface area (Å²) in [6.45, 7) is 7.53. The van der Waals surface area contributed by atoms with Gasteiger partial charge in [0.1, 0.15) is 0 Å². The van der Waals surface area contributed by atoms with Crippen molar-refractivity contribution in [2.75, 3.05) is 7.05 Å². The average Bonchev–Trinajstić information content (AvgIpc) is 2.66. The van der Waals surface area contributed by atoms with E-state index in [0.29, 0.717) is 0 Å². The van der Waals surface area contributed by atoms with Gasteiger partial charge < -0.3 is 4.90 Å². The van der Waals surface area contributed by atoms with Crippen molar-refractivity contribution < 1.29 is 0 Å². The molecule has 0 unspecified atom stereocenters. The molecule has 0 radical (unpaired) electrons. The van der Waals surface area contributed by atoms with Crippen molar-refractivity contribution in [2.45, 2.75) is 33.7 Å². The molecule has 1 nitrogen and oxygen atoms in total. The quantitative estimate of drug-likeness (QED) is 0.457. The fourth-order valence-electron chi connectivity index (χ4n) is 3.27. The summed E-state index contributed by atoms with van der Waals surface area (Å²) in [5, 5.41) is 0. The molecule has 0 saturated carbocycles. The van der Waals surface area contributed by atoms with Crippen LogP contribution in [0.2, 0.25) is 0 Å². The zero-order valence-corrected chi connectivity index (χ0v) is 17.4. The van der Waals surface area contributed by atoms with Crippen molar-refractivity contribution >= 4 is 0 Å². The summed E-state index contributed by atoms with van der Waals surface area (Å²) >= 11 is 0. The van der Waals surface area contributed by atoms with E-state index in [0.717, 1.165) is 24.1 Å². The Morgan fingerprint density at radius 3 is 2.46 bits per heavy atom. The highest BCUT2D eigenvalue weighted by molar-refractivity contribution is 5.45. The normalized spacial score (nSPS) is 19.2. The van der Waals surface area contributed by atoms with E-state index in [-0.39, 0.29) is 5.41 Å². The van der Waals surface area contributed by atoms with Gasteiger partial charge in [0, 0.05) is 42.3 Å². The Hall–Kier alpha value is -2.98. The maximum absolute atomic E-state index is 3.28. The monoisotopic (exact) mass is 367 g/mol. The molecule has 2 aromatic rings. The molecule has 0 spiro atoms. The second-order valence-electron chi connectivity index (χ2n) is 8.06. The predicted octanol–water partition coefficient (Wildman–Crippen LogP) is 6.25. The molecule has 2 aromatic carbocycles. The predicted molar refractivity (Wildman–Crippen MR) is 120 cm³/mol. The van der Waals surface area contributed by atoms with Gasteiger partial charge in [-0.1, -0.05) is 74.3 Å². The van der Waals surface area contributed by atoms with Gasteiger partial charge in [-0.15, -0.1) is 0 Å². The van der Waals surface area contributed by atoms with Crippen molar-refractivity contribution in [1.29, 1.82) is 0 Å². The summed E-state index contributed by atoms with van der Waals surface area (Å²) < 4.78 is 0. The highest BCUT2D eigenvalue weighted by Crippen LogP contribution is 2.24. The van der Waals surface area contributed by atoms with E-state index in [2.05, 4.69) is 93.1 Å². The van der Waals surface area contributed by atoms with E-state index in [4.69, 9.17) is 0 Å². The van der Waals surface area contributed by atoms with Crippen LogP contribution < -0.4 is 0 Å². The molecule has 0 atom stereocenters. The second-order valence-corrected chi connectivity index (χ2v) is 8.06. The van der Waals surface area contributed by atoms with E-state index in [1.165, 1.54) is 16.8 Å². The fourth-order valence-corrected chi connectivity index (χ4v) is 3.27. The molecule has 1 heteroatoms. The van der Waals surface area contributed by atoms with Crippen molar-refractivity contribution in [3.05, 3.63) is 107 Å². The number of hydrogen-bond donors (Lipinski definition) is 0. The van der Waals surface area contributed by atoms with Crippen LogP contribution in [0.3, 0.4) is 0 Å². The Bertz CT molecular complexity index is 962. The first-order chi connectivity index (χ1) is 13.4. The van der Waals surface area contributed by atoms with Crippen molar-refractivity contribution in [3.8, 4) is 11.8 Å². The molecule has 0 amide bonds. The van der Waals surface area contributed by atoms with Crippen LogP contribution in [-0.2, 0) is 6.54 Å². The lowest BCUT2D eigenvalue weighted by molar-refractivity contribution is 0.402. The molecule has 28 heavy (non-hydrogen) atoms. The minimum Gasteiger partial charge on any atom is -0.373 e. The summed E-state index contributed by atoms with van der Waals surface area (Å²) in [5.74, 6) is 6.51. The van der Waals surface area contributed by atoms with Gasteiger partial charge >= 0.3 is 0 Å². The lowest BCUT2D eigenvalue weighted by atomic mass is 9.91. The minimum atomic E-state index is 0.133. The van der Waals surface area contributed by atoms with Crippen LogP contribution in [-0.4, -0.2) is 11.9 Å². The van der Waals surface area contributed by atoms with Crippen LogP contribution in [0.4, 0.5) is 0 Å². The summed E-state index contributed by atoms with van der Waals surface area (Å²) in [6, 6.07) is 16.6. The Balaban J connectivity index is 1.71. The SMILES string of the molecule is Cc1cc(C#Cc2ccccc2)ccc1CN(C)/C1=C/C=C\C(C)(C)/C=C\C1. The lowest BCUT2D eigenvalue weighted by Gasteiger charge is -2.25. The van der Waals surface area contributed by atoms with Gasteiger partial charge in [0.05, 0.1) is 0 Å². The Morgan fingerprint density at radius 2 is 1.71 bits per heavy atom. The van der Waals surface area contributed by atoms with E-state index in [1.807, 2.05) is 30.3 Å².